The number of aromatic nitrogens is 1. The van der Waals surface area contributed by atoms with Crippen LogP contribution in [0.1, 0.15) is 28.9 Å². The lowest BCUT2D eigenvalue weighted by Gasteiger charge is -2.33. The fraction of sp³-hybridized carbons (Fsp3) is 0.353. The van der Waals surface area contributed by atoms with Crippen LogP contribution in [0.15, 0.2) is 35.2 Å². The third-order valence-electron chi connectivity index (χ3n) is 3.95. The van der Waals surface area contributed by atoms with Crippen LogP contribution in [0.5, 0.6) is 5.75 Å². The average molecular weight is 345 g/mol. The van der Waals surface area contributed by atoms with Crippen LogP contribution in [0, 0.1) is 0 Å². The Kier molecular flexibility index (Phi) is 5.10. The number of piperidine rings is 1. The Bertz CT molecular complexity index is 718. The molecule has 0 saturated carbocycles. The molecule has 1 fully saturated rings. The number of thiophene rings is 1. The van der Waals surface area contributed by atoms with Crippen LogP contribution < -0.4 is 10.5 Å². The average Bonchev–Trinajstić information content (AvgIpc) is 3.08. The second kappa shape index (κ2) is 7.44. The maximum atomic E-state index is 12.4. The molecule has 3 heterocycles. The summed E-state index contributed by atoms with van der Waals surface area (Å²) in [7, 11) is 0. The number of nitrogens with zero attached hydrogens (tertiary/aromatic N) is 2. The van der Waals surface area contributed by atoms with E-state index >= 15 is 0 Å². The normalized spacial score (nSPS) is 17.5. The van der Waals surface area contributed by atoms with Gasteiger partial charge in [-0.05, 0) is 41.3 Å². The van der Waals surface area contributed by atoms with Gasteiger partial charge in [-0.15, -0.1) is 0 Å². The topological polar surface area (TPSA) is 85.5 Å². The van der Waals surface area contributed by atoms with Crippen LogP contribution in [-0.4, -0.2) is 40.9 Å². The largest absolute Gasteiger partial charge is 0.488 e. The fourth-order valence-electron chi connectivity index (χ4n) is 2.75. The van der Waals surface area contributed by atoms with Crippen molar-refractivity contribution in [2.24, 2.45) is 5.73 Å². The SMILES string of the molecule is NC(=O)c1cc(OC2CCCN(C(=O)Cc3ccsc3)C2)ccn1. The molecule has 3 rings (SSSR count). The van der Waals surface area contributed by atoms with E-state index in [9.17, 15) is 9.59 Å². The lowest BCUT2D eigenvalue weighted by atomic mass is 10.1. The highest BCUT2D eigenvalue weighted by Gasteiger charge is 2.25. The first-order valence-corrected chi connectivity index (χ1v) is 8.77. The molecule has 6 nitrogen and oxygen atoms in total. The van der Waals surface area contributed by atoms with Gasteiger partial charge in [0.1, 0.15) is 17.5 Å². The number of hydrogen-bond acceptors (Lipinski definition) is 5. The van der Waals surface area contributed by atoms with Crippen molar-refractivity contribution < 1.29 is 14.3 Å². The van der Waals surface area contributed by atoms with Crippen molar-refractivity contribution in [3.63, 3.8) is 0 Å². The first-order chi connectivity index (χ1) is 11.6. The van der Waals surface area contributed by atoms with E-state index in [0.717, 1.165) is 24.9 Å². The number of carbonyl (C=O) groups excluding carboxylic acids is 2. The van der Waals surface area contributed by atoms with Crippen LogP contribution in [0.25, 0.3) is 0 Å². The summed E-state index contributed by atoms with van der Waals surface area (Å²) in [6, 6.07) is 5.20. The molecule has 1 aliphatic heterocycles. The number of amides is 2. The fourth-order valence-corrected chi connectivity index (χ4v) is 3.42. The molecule has 0 aromatic carbocycles. The van der Waals surface area contributed by atoms with Gasteiger partial charge in [0.15, 0.2) is 0 Å². The molecule has 2 aromatic heterocycles. The molecule has 1 saturated heterocycles. The summed E-state index contributed by atoms with van der Waals surface area (Å²) in [5.74, 6) is 0.0850. The molecule has 1 aliphatic rings. The Balaban J connectivity index is 1.60. The van der Waals surface area contributed by atoms with Gasteiger partial charge in [-0.2, -0.15) is 11.3 Å². The zero-order chi connectivity index (χ0) is 16.9. The van der Waals surface area contributed by atoms with Gasteiger partial charge >= 0.3 is 0 Å². The number of primary amides is 1. The minimum absolute atomic E-state index is 0.0895. The lowest BCUT2D eigenvalue weighted by Crippen LogP contribution is -2.45. The van der Waals surface area contributed by atoms with E-state index < -0.39 is 5.91 Å². The third-order valence-corrected chi connectivity index (χ3v) is 4.68. The predicted octanol–water partition coefficient (Wildman–Crippen LogP) is 1.85. The lowest BCUT2D eigenvalue weighted by molar-refractivity contribution is -0.133. The van der Waals surface area contributed by atoms with Crippen LogP contribution in [0.4, 0.5) is 0 Å². The predicted molar refractivity (Wildman–Crippen MR) is 91.0 cm³/mol. The van der Waals surface area contributed by atoms with Gasteiger partial charge in [-0.1, -0.05) is 0 Å². The zero-order valence-corrected chi connectivity index (χ0v) is 14.0. The van der Waals surface area contributed by atoms with Crippen LogP contribution >= 0.6 is 11.3 Å². The smallest absolute Gasteiger partial charge is 0.267 e. The van der Waals surface area contributed by atoms with Crippen molar-refractivity contribution >= 4 is 23.2 Å². The number of rotatable bonds is 5. The summed E-state index contributed by atoms with van der Waals surface area (Å²) in [6.45, 7) is 1.31. The summed E-state index contributed by atoms with van der Waals surface area (Å²) in [5.41, 5.74) is 6.46. The van der Waals surface area contributed by atoms with Crippen LogP contribution in [0.2, 0.25) is 0 Å². The van der Waals surface area contributed by atoms with E-state index in [0.29, 0.717) is 18.7 Å². The summed E-state index contributed by atoms with van der Waals surface area (Å²) < 4.78 is 5.92. The molecule has 0 spiro atoms. The summed E-state index contributed by atoms with van der Waals surface area (Å²) >= 11 is 1.60. The molecule has 2 N–H and O–H groups in total. The molecule has 24 heavy (non-hydrogen) atoms. The van der Waals surface area contributed by atoms with Crippen molar-refractivity contribution in [3.8, 4) is 5.75 Å². The van der Waals surface area contributed by atoms with E-state index in [1.54, 1.807) is 17.4 Å². The number of pyridine rings is 1. The van der Waals surface area contributed by atoms with Crippen molar-refractivity contribution in [3.05, 3.63) is 46.4 Å². The number of nitrogens with two attached hydrogens (primary N) is 1. The van der Waals surface area contributed by atoms with E-state index in [-0.39, 0.29) is 17.7 Å². The monoisotopic (exact) mass is 345 g/mol. The summed E-state index contributed by atoms with van der Waals surface area (Å²) in [5, 5.41) is 3.97. The van der Waals surface area contributed by atoms with Crippen molar-refractivity contribution in [1.29, 1.82) is 0 Å². The molecule has 1 unspecified atom stereocenters. The van der Waals surface area contributed by atoms with Crippen LogP contribution in [-0.2, 0) is 11.2 Å². The van der Waals surface area contributed by atoms with Crippen LogP contribution in [0.3, 0.4) is 0 Å². The van der Waals surface area contributed by atoms with Gasteiger partial charge in [0.05, 0.1) is 13.0 Å². The van der Waals surface area contributed by atoms with E-state index in [2.05, 4.69) is 4.98 Å². The third kappa shape index (κ3) is 4.11. The molecular weight excluding hydrogens is 326 g/mol. The summed E-state index contributed by atoms with van der Waals surface area (Å²) in [4.78, 5) is 29.3. The molecule has 126 valence electrons. The van der Waals surface area contributed by atoms with Gasteiger partial charge in [0, 0.05) is 18.8 Å². The van der Waals surface area contributed by atoms with Gasteiger partial charge in [0.2, 0.25) is 5.91 Å². The summed E-state index contributed by atoms with van der Waals surface area (Å²) in [6.07, 6.45) is 3.60. The number of likely N-dealkylation sites (tertiary alicyclic amines) is 1. The quantitative estimate of drug-likeness (QED) is 0.896. The number of hydrogen-bond donors (Lipinski definition) is 1. The Hall–Kier alpha value is -2.41. The highest BCUT2D eigenvalue weighted by atomic mass is 32.1. The number of ether oxygens (including phenoxy) is 1. The van der Waals surface area contributed by atoms with Gasteiger partial charge < -0.3 is 15.4 Å². The maximum Gasteiger partial charge on any atom is 0.267 e. The minimum Gasteiger partial charge on any atom is -0.488 e. The minimum atomic E-state index is -0.586. The molecule has 0 radical (unpaired) electrons. The van der Waals surface area contributed by atoms with E-state index in [4.69, 9.17) is 10.5 Å². The first kappa shape index (κ1) is 16.4. The van der Waals surface area contributed by atoms with E-state index in [1.807, 2.05) is 21.7 Å². The molecule has 0 bridgehead atoms. The highest BCUT2D eigenvalue weighted by Crippen LogP contribution is 2.20. The second-order valence-electron chi connectivity index (χ2n) is 5.77. The number of carbonyl (C=O) groups is 2. The molecule has 1 atom stereocenters. The zero-order valence-electron chi connectivity index (χ0n) is 13.2. The Morgan fingerprint density at radius 1 is 1.42 bits per heavy atom. The maximum absolute atomic E-state index is 12.4. The Morgan fingerprint density at radius 2 is 2.29 bits per heavy atom. The molecular formula is C17H19N3O3S. The van der Waals surface area contributed by atoms with Gasteiger partial charge in [0.25, 0.3) is 5.91 Å². The van der Waals surface area contributed by atoms with Gasteiger partial charge in [-0.3, -0.25) is 14.6 Å². The van der Waals surface area contributed by atoms with Crippen molar-refractivity contribution in [2.75, 3.05) is 13.1 Å². The molecule has 2 aromatic rings. The standard InChI is InChI=1S/C17H19N3O3S/c18-17(22)15-9-13(3-5-19-15)23-14-2-1-6-20(10-14)16(21)8-12-4-7-24-11-12/h3-5,7,9,11,14H,1-2,6,8,10H2,(H2,18,22). The molecule has 0 aliphatic carbocycles. The Labute approximate surface area is 144 Å². The second-order valence-corrected chi connectivity index (χ2v) is 6.55. The molecule has 2 amide bonds. The van der Waals surface area contributed by atoms with Crippen molar-refractivity contribution in [1.82, 2.24) is 9.88 Å². The highest BCUT2D eigenvalue weighted by molar-refractivity contribution is 7.08. The molecule has 7 heteroatoms. The Morgan fingerprint density at radius 3 is 3.04 bits per heavy atom. The van der Waals surface area contributed by atoms with Gasteiger partial charge in [-0.25, -0.2) is 0 Å². The van der Waals surface area contributed by atoms with Crippen molar-refractivity contribution in [2.45, 2.75) is 25.4 Å². The van der Waals surface area contributed by atoms with E-state index in [1.165, 1.54) is 12.3 Å². The first-order valence-electron chi connectivity index (χ1n) is 7.83.